The topological polar surface area (TPSA) is 59.5 Å². The van der Waals surface area contributed by atoms with Crippen LogP contribution in [0.4, 0.5) is 0 Å². The van der Waals surface area contributed by atoms with Crippen LogP contribution in [0.25, 0.3) is 0 Å². The Kier molecular flexibility index (Phi) is 5.71. The van der Waals surface area contributed by atoms with E-state index in [4.69, 9.17) is 4.74 Å². The number of piperidine rings is 1. The average Bonchev–Trinajstić information content (AvgIpc) is 2.61. The molecule has 1 unspecified atom stereocenters. The molecule has 5 nitrogen and oxygen atoms in total. The minimum absolute atomic E-state index is 0.0621. The molecule has 6 heteroatoms. The van der Waals surface area contributed by atoms with Gasteiger partial charge in [0.2, 0.25) is 10.0 Å². The highest BCUT2D eigenvalue weighted by Crippen LogP contribution is 2.22. The summed E-state index contributed by atoms with van der Waals surface area (Å²) in [6.45, 7) is 3.63. The number of ether oxygens (including phenoxy) is 1. The summed E-state index contributed by atoms with van der Waals surface area (Å²) in [6.07, 6.45) is 5.24. The largest absolute Gasteiger partial charge is 0.493 e. The Bertz CT molecular complexity index is 793. The fourth-order valence-electron chi connectivity index (χ4n) is 3.17. The van der Waals surface area contributed by atoms with Gasteiger partial charge in [-0.3, -0.25) is 4.98 Å². The van der Waals surface area contributed by atoms with E-state index in [0.717, 1.165) is 29.7 Å². The van der Waals surface area contributed by atoms with Gasteiger partial charge in [-0.15, -0.1) is 0 Å². The molecule has 0 saturated carbocycles. The molecule has 1 aromatic carbocycles. The molecule has 0 radical (unpaired) electrons. The number of pyridine rings is 1. The first-order valence-electron chi connectivity index (χ1n) is 8.59. The van der Waals surface area contributed by atoms with Crippen molar-refractivity contribution < 1.29 is 13.2 Å². The molecule has 1 fully saturated rings. The molecule has 1 aromatic heterocycles. The highest BCUT2D eigenvalue weighted by atomic mass is 32.2. The van der Waals surface area contributed by atoms with Crippen molar-refractivity contribution in [1.82, 2.24) is 9.29 Å². The molecule has 1 aliphatic heterocycles. The quantitative estimate of drug-likeness (QED) is 0.794. The SMILES string of the molecule is Cc1cccc(CS(=O)(=O)N2CCCC(COc3ccncc3)C2)c1. The van der Waals surface area contributed by atoms with Gasteiger partial charge in [-0.2, -0.15) is 0 Å². The third kappa shape index (κ3) is 5.03. The van der Waals surface area contributed by atoms with Crippen LogP contribution < -0.4 is 4.74 Å². The molecule has 2 heterocycles. The minimum atomic E-state index is -3.30. The monoisotopic (exact) mass is 360 g/mol. The van der Waals surface area contributed by atoms with Crippen molar-refractivity contribution in [3.63, 3.8) is 0 Å². The fourth-order valence-corrected chi connectivity index (χ4v) is 4.80. The van der Waals surface area contributed by atoms with Gasteiger partial charge in [0.15, 0.2) is 0 Å². The van der Waals surface area contributed by atoms with Crippen LogP contribution >= 0.6 is 0 Å². The second kappa shape index (κ2) is 7.97. The van der Waals surface area contributed by atoms with Crippen molar-refractivity contribution in [2.45, 2.75) is 25.5 Å². The third-order valence-corrected chi connectivity index (χ3v) is 6.26. The lowest BCUT2D eigenvalue weighted by Gasteiger charge is -2.31. The summed E-state index contributed by atoms with van der Waals surface area (Å²) < 4.78 is 32.9. The highest BCUT2D eigenvalue weighted by Gasteiger charge is 2.29. The average molecular weight is 360 g/mol. The minimum Gasteiger partial charge on any atom is -0.493 e. The maximum atomic E-state index is 12.8. The van der Waals surface area contributed by atoms with E-state index in [0.29, 0.717) is 19.7 Å². The summed E-state index contributed by atoms with van der Waals surface area (Å²) >= 11 is 0. The number of hydrogen-bond donors (Lipinski definition) is 0. The highest BCUT2D eigenvalue weighted by molar-refractivity contribution is 7.88. The van der Waals surface area contributed by atoms with Crippen LogP contribution in [0.3, 0.4) is 0 Å². The molecule has 0 N–H and O–H groups in total. The standard InChI is InChI=1S/C19H24N2O3S/c1-16-4-2-5-17(12-16)15-25(22,23)21-11-3-6-18(13-21)14-24-19-7-9-20-10-8-19/h2,4-5,7-10,12,18H,3,6,11,13-15H2,1H3. The molecule has 1 aliphatic rings. The second-order valence-corrected chi connectivity index (χ2v) is 8.57. The van der Waals surface area contributed by atoms with Gasteiger partial charge in [-0.1, -0.05) is 29.8 Å². The zero-order chi connectivity index (χ0) is 17.7. The molecule has 3 rings (SSSR count). The molecule has 1 saturated heterocycles. The van der Waals surface area contributed by atoms with Gasteiger partial charge in [0.1, 0.15) is 5.75 Å². The van der Waals surface area contributed by atoms with E-state index in [-0.39, 0.29) is 11.7 Å². The number of nitrogens with zero attached hydrogens (tertiary/aromatic N) is 2. The molecular formula is C19H24N2O3S. The summed E-state index contributed by atoms with van der Waals surface area (Å²) in [7, 11) is -3.30. The Hall–Kier alpha value is -1.92. The van der Waals surface area contributed by atoms with Gasteiger partial charge < -0.3 is 4.74 Å². The maximum Gasteiger partial charge on any atom is 0.218 e. The second-order valence-electron chi connectivity index (χ2n) is 6.61. The van der Waals surface area contributed by atoms with Crippen LogP contribution in [-0.2, 0) is 15.8 Å². The van der Waals surface area contributed by atoms with Crippen molar-refractivity contribution in [2.75, 3.05) is 19.7 Å². The first-order chi connectivity index (χ1) is 12.0. The Labute approximate surface area is 149 Å². The van der Waals surface area contributed by atoms with Crippen LogP contribution in [0, 0.1) is 12.8 Å². The molecule has 25 heavy (non-hydrogen) atoms. The van der Waals surface area contributed by atoms with E-state index < -0.39 is 10.0 Å². The van der Waals surface area contributed by atoms with E-state index in [1.165, 1.54) is 0 Å². The van der Waals surface area contributed by atoms with Crippen LogP contribution in [0.1, 0.15) is 24.0 Å². The Balaban J connectivity index is 1.60. The Morgan fingerprint density at radius 2 is 2.04 bits per heavy atom. The number of hydrogen-bond acceptors (Lipinski definition) is 4. The van der Waals surface area contributed by atoms with Gasteiger partial charge in [0.25, 0.3) is 0 Å². The van der Waals surface area contributed by atoms with E-state index in [1.54, 1.807) is 16.7 Å². The van der Waals surface area contributed by atoms with Crippen LogP contribution in [0.5, 0.6) is 5.75 Å². The van der Waals surface area contributed by atoms with Crippen LogP contribution in [0.15, 0.2) is 48.8 Å². The molecule has 134 valence electrons. The predicted molar refractivity (Wildman–Crippen MR) is 97.8 cm³/mol. The Morgan fingerprint density at radius 3 is 2.80 bits per heavy atom. The summed E-state index contributed by atoms with van der Waals surface area (Å²) in [5.41, 5.74) is 1.92. The number of benzene rings is 1. The zero-order valence-corrected chi connectivity index (χ0v) is 15.3. The van der Waals surface area contributed by atoms with Gasteiger partial charge in [0.05, 0.1) is 12.4 Å². The van der Waals surface area contributed by atoms with Gasteiger partial charge in [-0.05, 0) is 37.5 Å². The van der Waals surface area contributed by atoms with Crippen molar-refractivity contribution in [3.05, 3.63) is 59.9 Å². The zero-order valence-electron chi connectivity index (χ0n) is 14.5. The molecule has 1 atom stereocenters. The lowest BCUT2D eigenvalue weighted by atomic mass is 10.0. The summed E-state index contributed by atoms with van der Waals surface area (Å²) in [6, 6.07) is 11.3. The Morgan fingerprint density at radius 1 is 1.24 bits per heavy atom. The van der Waals surface area contributed by atoms with Crippen molar-refractivity contribution in [2.24, 2.45) is 5.92 Å². The molecule has 0 amide bonds. The molecule has 0 aliphatic carbocycles. The van der Waals surface area contributed by atoms with E-state index in [9.17, 15) is 8.42 Å². The number of aryl methyl sites for hydroxylation is 1. The maximum absolute atomic E-state index is 12.8. The van der Waals surface area contributed by atoms with E-state index in [2.05, 4.69) is 4.98 Å². The number of sulfonamides is 1. The normalized spacial score (nSPS) is 18.8. The molecule has 0 spiro atoms. The summed E-state index contributed by atoms with van der Waals surface area (Å²) in [4.78, 5) is 3.96. The van der Waals surface area contributed by atoms with Gasteiger partial charge in [0, 0.05) is 31.4 Å². The van der Waals surface area contributed by atoms with Gasteiger partial charge in [-0.25, -0.2) is 12.7 Å². The summed E-state index contributed by atoms with van der Waals surface area (Å²) in [5.74, 6) is 1.05. The van der Waals surface area contributed by atoms with Crippen LogP contribution in [-0.4, -0.2) is 37.4 Å². The summed E-state index contributed by atoms with van der Waals surface area (Å²) in [5, 5.41) is 0. The smallest absolute Gasteiger partial charge is 0.218 e. The lowest BCUT2D eigenvalue weighted by molar-refractivity contribution is 0.180. The lowest BCUT2D eigenvalue weighted by Crippen LogP contribution is -2.42. The molecule has 0 bridgehead atoms. The first-order valence-corrected chi connectivity index (χ1v) is 10.2. The first kappa shape index (κ1) is 17.9. The van der Waals surface area contributed by atoms with Crippen LogP contribution in [0.2, 0.25) is 0 Å². The van der Waals surface area contributed by atoms with E-state index >= 15 is 0 Å². The third-order valence-electron chi connectivity index (χ3n) is 4.44. The van der Waals surface area contributed by atoms with E-state index in [1.807, 2.05) is 43.3 Å². The van der Waals surface area contributed by atoms with Crippen molar-refractivity contribution in [1.29, 1.82) is 0 Å². The fraction of sp³-hybridized carbons (Fsp3) is 0.421. The number of aromatic nitrogens is 1. The van der Waals surface area contributed by atoms with Crippen molar-refractivity contribution >= 4 is 10.0 Å². The molecular weight excluding hydrogens is 336 g/mol. The molecule has 2 aromatic rings. The predicted octanol–water partition coefficient (Wildman–Crippen LogP) is 3.01. The van der Waals surface area contributed by atoms with Gasteiger partial charge >= 0.3 is 0 Å². The number of rotatable bonds is 6. The van der Waals surface area contributed by atoms with Crippen molar-refractivity contribution in [3.8, 4) is 5.75 Å².